The molecule has 2 rings (SSSR count). The number of carboxylic acids is 1. The van der Waals surface area contributed by atoms with E-state index in [0.29, 0.717) is 26.1 Å². The number of alkyl halides is 3. The fourth-order valence-electron chi connectivity index (χ4n) is 2.69. The zero-order valence-corrected chi connectivity index (χ0v) is 14.0. The molecule has 1 unspecified atom stereocenters. The molecule has 1 saturated heterocycles. The van der Waals surface area contributed by atoms with Crippen LogP contribution in [-0.2, 0) is 9.53 Å². The molecular formula is C16H18F3NO4S. The van der Waals surface area contributed by atoms with Crippen LogP contribution >= 0.6 is 11.8 Å². The molecule has 5 nitrogen and oxygen atoms in total. The Labute approximate surface area is 146 Å². The van der Waals surface area contributed by atoms with Crippen LogP contribution in [0.3, 0.4) is 0 Å². The minimum absolute atomic E-state index is 0.0188. The number of carbonyl (C=O) groups is 2. The molecule has 9 heteroatoms. The smallest absolute Gasteiger partial charge is 0.446 e. The van der Waals surface area contributed by atoms with Crippen molar-refractivity contribution in [2.75, 3.05) is 19.8 Å². The first kappa shape index (κ1) is 19.6. The van der Waals surface area contributed by atoms with Gasteiger partial charge in [-0.05, 0) is 54.8 Å². The Kier molecular flexibility index (Phi) is 6.71. The van der Waals surface area contributed by atoms with Crippen molar-refractivity contribution in [3.63, 3.8) is 0 Å². The van der Waals surface area contributed by atoms with Gasteiger partial charge in [-0.1, -0.05) is 0 Å². The molecule has 0 bridgehead atoms. The summed E-state index contributed by atoms with van der Waals surface area (Å²) in [5, 5.41) is 11.9. The molecule has 0 aromatic heterocycles. The van der Waals surface area contributed by atoms with Crippen LogP contribution in [-0.4, -0.2) is 42.2 Å². The number of nitrogens with one attached hydrogen (secondary N) is 1. The van der Waals surface area contributed by atoms with Gasteiger partial charge in [0.25, 0.3) is 5.91 Å². The average molecular weight is 377 g/mol. The lowest BCUT2D eigenvalue weighted by atomic mass is 9.86. The number of thioether (sulfide) groups is 1. The highest BCUT2D eigenvalue weighted by atomic mass is 32.2. The maximum absolute atomic E-state index is 12.3. The Morgan fingerprint density at radius 3 is 2.36 bits per heavy atom. The Balaban J connectivity index is 1.92. The Morgan fingerprint density at radius 2 is 1.84 bits per heavy atom. The predicted octanol–water partition coefficient (Wildman–Crippen LogP) is 3.16. The molecule has 0 saturated carbocycles. The van der Waals surface area contributed by atoms with Crippen LogP contribution in [0.5, 0.6) is 0 Å². The largest absolute Gasteiger partial charge is 0.481 e. The first-order valence-corrected chi connectivity index (χ1v) is 8.52. The summed E-state index contributed by atoms with van der Waals surface area (Å²) in [4.78, 5) is 23.5. The van der Waals surface area contributed by atoms with E-state index in [1.165, 1.54) is 24.3 Å². The first-order valence-electron chi connectivity index (χ1n) is 7.71. The molecule has 138 valence electrons. The number of rotatable bonds is 6. The van der Waals surface area contributed by atoms with E-state index in [1.54, 1.807) is 0 Å². The van der Waals surface area contributed by atoms with Gasteiger partial charge in [0.1, 0.15) is 0 Å². The third-order valence-electron chi connectivity index (χ3n) is 3.98. The van der Waals surface area contributed by atoms with Crippen LogP contribution in [0.2, 0.25) is 0 Å². The Morgan fingerprint density at radius 1 is 1.24 bits per heavy atom. The number of ether oxygens (including phenoxy) is 1. The number of benzene rings is 1. The summed E-state index contributed by atoms with van der Waals surface area (Å²) in [5.74, 6) is -2.28. The van der Waals surface area contributed by atoms with Crippen molar-refractivity contribution < 1.29 is 32.6 Å². The fourth-order valence-corrected chi connectivity index (χ4v) is 3.23. The summed E-state index contributed by atoms with van der Waals surface area (Å²) in [7, 11) is 0. The molecule has 0 radical (unpaired) electrons. The number of hydrogen-bond acceptors (Lipinski definition) is 4. The van der Waals surface area contributed by atoms with E-state index in [0.717, 1.165) is 0 Å². The number of carboxylic acid groups (broad SMARTS) is 1. The summed E-state index contributed by atoms with van der Waals surface area (Å²) >= 11 is -0.259. The predicted molar refractivity (Wildman–Crippen MR) is 85.4 cm³/mol. The van der Waals surface area contributed by atoms with Crippen LogP contribution in [0.25, 0.3) is 0 Å². The number of amides is 1. The monoisotopic (exact) mass is 377 g/mol. The molecule has 1 amide bonds. The maximum Gasteiger partial charge on any atom is 0.446 e. The van der Waals surface area contributed by atoms with Crippen LogP contribution in [0.1, 0.15) is 23.2 Å². The summed E-state index contributed by atoms with van der Waals surface area (Å²) in [6.45, 7) is 0.972. The van der Waals surface area contributed by atoms with Crippen LogP contribution in [0, 0.1) is 11.8 Å². The highest BCUT2D eigenvalue weighted by molar-refractivity contribution is 8.00. The molecule has 0 spiro atoms. The molecule has 25 heavy (non-hydrogen) atoms. The molecule has 1 fully saturated rings. The van der Waals surface area contributed by atoms with Crippen LogP contribution < -0.4 is 5.32 Å². The van der Waals surface area contributed by atoms with Crippen molar-refractivity contribution in [1.82, 2.24) is 5.32 Å². The van der Waals surface area contributed by atoms with Gasteiger partial charge in [-0.2, -0.15) is 13.2 Å². The molecule has 2 N–H and O–H groups in total. The van der Waals surface area contributed by atoms with Crippen LogP contribution in [0.4, 0.5) is 13.2 Å². The lowest BCUT2D eigenvalue weighted by Crippen LogP contribution is -2.38. The van der Waals surface area contributed by atoms with Gasteiger partial charge in [-0.25, -0.2) is 0 Å². The van der Waals surface area contributed by atoms with Gasteiger partial charge in [0.15, 0.2) is 0 Å². The second-order valence-corrected chi connectivity index (χ2v) is 6.82. The van der Waals surface area contributed by atoms with E-state index in [9.17, 15) is 27.9 Å². The van der Waals surface area contributed by atoms with E-state index < -0.39 is 23.3 Å². The molecule has 0 aliphatic carbocycles. The van der Waals surface area contributed by atoms with Crippen molar-refractivity contribution in [1.29, 1.82) is 0 Å². The van der Waals surface area contributed by atoms with Crippen molar-refractivity contribution in [3.8, 4) is 0 Å². The molecule has 1 aliphatic rings. The minimum atomic E-state index is -4.39. The SMILES string of the molecule is O=C(NCC(C(=O)O)C1CCOCC1)c1ccc(SC(F)(F)F)cc1. The summed E-state index contributed by atoms with van der Waals surface area (Å²) in [5.41, 5.74) is -4.20. The highest BCUT2D eigenvalue weighted by Gasteiger charge is 2.31. The number of halogens is 3. The van der Waals surface area contributed by atoms with Gasteiger partial charge in [-0.3, -0.25) is 9.59 Å². The summed E-state index contributed by atoms with van der Waals surface area (Å²) in [6, 6.07) is 4.99. The fraction of sp³-hybridized carbons (Fsp3) is 0.500. The Hall–Kier alpha value is -1.74. The van der Waals surface area contributed by atoms with Gasteiger partial charge in [0.2, 0.25) is 0 Å². The molecule has 1 heterocycles. The molecule has 1 aliphatic heterocycles. The summed E-state index contributed by atoms with van der Waals surface area (Å²) < 4.78 is 42.1. The third-order valence-corrected chi connectivity index (χ3v) is 4.72. The zero-order valence-electron chi connectivity index (χ0n) is 13.2. The van der Waals surface area contributed by atoms with Crippen LogP contribution in [0.15, 0.2) is 29.2 Å². The van der Waals surface area contributed by atoms with Gasteiger partial charge in [0.05, 0.1) is 5.92 Å². The van der Waals surface area contributed by atoms with Crippen molar-refractivity contribution in [3.05, 3.63) is 29.8 Å². The summed E-state index contributed by atoms with van der Waals surface area (Å²) in [6.07, 6.45) is 1.24. The van der Waals surface area contributed by atoms with E-state index in [1.807, 2.05) is 0 Å². The van der Waals surface area contributed by atoms with Crippen molar-refractivity contribution >= 4 is 23.6 Å². The molecule has 1 aromatic rings. The van der Waals surface area contributed by atoms with E-state index in [4.69, 9.17) is 4.74 Å². The standard InChI is InChI=1S/C16H18F3NO4S/c17-16(18,19)25-12-3-1-11(2-4-12)14(21)20-9-13(15(22)23)10-5-7-24-8-6-10/h1-4,10,13H,5-9H2,(H,20,21)(H,22,23). The molecule has 1 atom stereocenters. The van der Waals surface area contributed by atoms with E-state index in [2.05, 4.69) is 5.32 Å². The van der Waals surface area contributed by atoms with E-state index >= 15 is 0 Å². The lowest BCUT2D eigenvalue weighted by molar-refractivity contribution is -0.144. The van der Waals surface area contributed by atoms with Crippen molar-refractivity contribution in [2.45, 2.75) is 23.2 Å². The number of hydrogen-bond donors (Lipinski definition) is 2. The maximum atomic E-state index is 12.3. The van der Waals surface area contributed by atoms with Gasteiger partial charge in [0, 0.05) is 30.2 Å². The van der Waals surface area contributed by atoms with E-state index in [-0.39, 0.29) is 34.7 Å². The first-order chi connectivity index (χ1) is 11.8. The van der Waals surface area contributed by atoms with Gasteiger partial charge in [-0.15, -0.1) is 0 Å². The number of aliphatic carboxylic acids is 1. The highest BCUT2D eigenvalue weighted by Crippen LogP contribution is 2.36. The second-order valence-electron chi connectivity index (χ2n) is 5.68. The lowest BCUT2D eigenvalue weighted by Gasteiger charge is -2.27. The topological polar surface area (TPSA) is 75.6 Å². The van der Waals surface area contributed by atoms with Gasteiger partial charge >= 0.3 is 11.5 Å². The average Bonchev–Trinajstić information content (AvgIpc) is 2.54. The third kappa shape index (κ3) is 6.24. The zero-order chi connectivity index (χ0) is 18.4. The minimum Gasteiger partial charge on any atom is -0.481 e. The van der Waals surface area contributed by atoms with Gasteiger partial charge < -0.3 is 15.2 Å². The number of carbonyl (C=O) groups excluding carboxylic acids is 1. The molecular weight excluding hydrogens is 359 g/mol. The quantitative estimate of drug-likeness (QED) is 0.745. The molecule has 1 aromatic carbocycles. The second kappa shape index (κ2) is 8.57. The normalized spacial score (nSPS) is 17.1. The Bertz CT molecular complexity index is 600. The van der Waals surface area contributed by atoms with Crippen molar-refractivity contribution in [2.24, 2.45) is 11.8 Å².